The summed E-state index contributed by atoms with van der Waals surface area (Å²) in [6, 6.07) is 0. The SMILES string of the molecule is NC(=S)C1(C(=O)N2CCCC2)CCCCC1. The topological polar surface area (TPSA) is 46.3 Å². The van der Waals surface area contributed by atoms with E-state index in [9.17, 15) is 4.79 Å². The van der Waals surface area contributed by atoms with E-state index in [0.717, 1.165) is 51.6 Å². The molecule has 4 heteroatoms. The maximum absolute atomic E-state index is 12.5. The largest absolute Gasteiger partial charge is 0.392 e. The Labute approximate surface area is 102 Å². The average Bonchev–Trinajstić information content (AvgIpc) is 2.82. The Kier molecular flexibility index (Phi) is 3.47. The minimum atomic E-state index is -0.502. The maximum Gasteiger partial charge on any atom is 0.235 e. The molecule has 2 fully saturated rings. The molecular weight excluding hydrogens is 220 g/mol. The van der Waals surface area contributed by atoms with E-state index in [0.29, 0.717) is 4.99 Å². The molecule has 1 amide bonds. The van der Waals surface area contributed by atoms with Gasteiger partial charge in [0.05, 0.1) is 10.4 Å². The molecule has 0 atom stereocenters. The molecule has 0 unspecified atom stereocenters. The van der Waals surface area contributed by atoms with Crippen molar-refractivity contribution in [3.05, 3.63) is 0 Å². The van der Waals surface area contributed by atoms with E-state index >= 15 is 0 Å². The molecule has 0 radical (unpaired) electrons. The third kappa shape index (κ3) is 1.95. The number of amides is 1. The highest BCUT2D eigenvalue weighted by molar-refractivity contribution is 7.80. The minimum Gasteiger partial charge on any atom is -0.392 e. The number of nitrogens with two attached hydrogens (primary N) is 1. The molecule has 16 heavy (non-hydrogen) atoms. The van der Waals surface area contributed by atoms with Crippen molar-refractivity contribution in [1.82, 2.24) is 4.90 Å². The summed E-state index contributed by atoms with van der Waals surface area (Å²) in [4.78, 5) is 14.9. The zero-order valence-corrected chi connectivity index (χ0v) is 10.5. The summed E-state index contributed by atoms with van der Waals surface area (Å²) in [6.07, 6.45) is 7.33. The van der Waals surface area contributed by atoms with Crippen LogP contribution in [0.2, 0.25) is 0 Å². The van der Waals surface area contributed by atoms with Gasteiger partial charge in [-0.2, -0.15) is 0 Å². The smallest absolute Gasteiger partial charge is 0.235 e. The maximum atomic E-state index is 12.5. The molecule has 0 spiro atoms. The Bertz CT molecular complexity index is 291. The van der Waals surface area contributed by atoms with Crippen molar-refractivity contribution in [1.29, 1.82) is 0 Å². The second-order valence-electron chi connectivity index (χ2n) is 5.01. The van der Waals surface area contributed by atoms with Gasteiger partial charge in [0, 0.05) is 13.1 Å². The Morgan fingerprint density at radius 3 is 2.12 bits per heavy atom. The van der Waals surface area contributed by atoms with Gasteiger partial charge in [0.1, 0.15) is 0 Å². The summed E-state index contributed by atoms with van der Waals surface area (Å²) < 4.78 is 0. The van der Waals surface area contributed by atoms with E-state index in [-0.39, 0.29) is 5.91 Å². The molecular formula is C12H20N2OS. The highest BCUT2D eigenvalue weighted by Gasteiger charge is 2.44. The summed E-state index contributed by atoms with van der Waals surface area (Å²) in [5.74, 6) is 0.206. The van der Waals surface area contributed by atoms with Gasteiger partial charge in [-0.25, -0.2) is 0 Å². The molecule has 1 aliphatic carbocycles. The number of likely N-dealkylation sites (tertiary alicyclic amines) is 1. The molecule has 0 aromatic rings. The number of nitrogens with zero attached hydrogens (tertiary/aromatic N) is 1. The van der Waals surface area contributed by atoms with Gasteiger partial charge in [-0.15, -0.1) is 0 Å². The van der Waals surface area contributed by atoms with Crippen molar-refractivity contribution < 1.29 is 4.79 Å². The Hall–Kier alpha value is -0.640. The van der Waals surface area contributed by atoms with Crippen molar-refractivity contribution in [3.8, 4) is 0 Å². The van der Waals surface area contributed by atoms with Gasteiger partial charge in [-0.1, -0.05) is 31.5 Å². The average molecular weight is 240 g/mol. The van der Waals surface area contributed by atoms with Crippen LogP contribution in [-0.2, 0) is 4.79 Å². The number of rotatable bonds is 2. The highest BCUT2D eigenvalue weighted by Crippen LogP contribution is 2.39. The number of carbonyl (C=O) groups excluding carboxylic acids is 1. The molecule has 1 heterocycles. The van der Waals surface area contributed by atoms with Gasteiger partial charge in [0.15, 0.2) is 0 Å². The zero-order chi connectivity index (χ0) is 11.6. The zero-order valence-electron chi connectivity index (χ0n) is 9.71. The van der Waals surface area contributed by atoms with Crippen LogP contribution in [0.3, 0.4) is 0 Å². The van der Waals surface area contributed by atoms with Crippen LogP contribution in [0.15, 0.2) is 0 Å². The lowest BCUT2D eigenvalue weighted by molar-refractivity contribution is -0.138. The molecule has 0 aromatic carbocycles. The van der Waals surface area contributed by atoms with Crippen molar-refractivity contribution in [2.75, 3.05) is 13.1 Å². The normalized spacial score (nSPS) is 24.4. The van der Waals surface area contributed by atoms with Gasteiger partial charge in [0.2, 0.25) is 5.91 Å². The highest BCUT2D eigenvalue weighted by atomic mass is 32.1. The second kappa shape index (κ2) is 4.70. The van der Waals surface area contributed by atoms with Crippen LogP contribution < -0.4 is 5.73 Å². The lowest BCUT2D eigenvalue weighted by atomic mass is 9.73. The van der Waals surface area contributed by atoms with E-state index in [1.54, 1.807) is 0 Å². The second-order valence-corrected chi connectivity index (χ2v) is 5.45. The van der Waals surface area contributed by atoms with Gasteiger partial charge in [0.25, 0.3) is 0 Å². The van der Waals surface area contributed by atoms with Gasteiger partial charge >= 0.3 is 0 Å². The van der Waals surface area contributed by atoms with Gasteiger partial charge < -0.3 is 10.6 Å². The van der Waals surface area contributed by atoms with E-state index in [1.165, 1.54) is 6.42 Å². The van der Waals surface area contributed by atoms with E-state index in [2.05, 4.69) is 0 Å². The minimum absolute atomic E-state index is 0.206. The number of hydrogen-bond acceptors (Lipinski definition) is 2. The lowest BCUT2D eigenvalue weighted by Crippen LogP contribution is -2.50. The molecule has 0 bridgehead atoms. The van der Waals surface area contributed by atoms with Crippen LogP contribution in [-0.4, -0.2) is 28.9 Å². The molecule has 3 nitrogen and oxygen atoms in total. The molecule has 2 aliphatic rings. The predicted octanol–water partition coefficient (Wildman–Crippen LogP) is 1.85. The quantitative estimate of drug-likeness (QED) is 0.749. The lowest BCUT2D eigenvalue weighted by Gasteiger charge is -2.37. The first-order chi connectivity index (χ1) is 7.67. The van der Waals surface area contributed by atoms with Crippen molar-refractivity contribution in [2.45, 2.75) is 44.9 Å². The molecule has 1 saturated carbocycles. The molecule has 0 aromatic heterocycles. The fraction of sp³-hybridized carbons (Fsp3) is 0.833. The fourth-order valence-electron chi connectivity index (χ4n) is 2.94. The number of hydrogen-bond donors (Lipinski definition) is 1. The van der Waals surface area contributed by atoms with Crippen molar-refractivity contribution >= 4 is 23.1 Å². The van der Waals surface area contributed by atoms with Crippen LogP contribution in [0.1, 0.15) is 44.9 Å². The molecule has 90 valence electrons. The van der Waals surface area contributed by atoms with E-state index < -0.39 is 5.41 Å². The monoisotopic (exact) mass is 240 g/mol. The molecule has 2 N–H and O–H groups in total. The van der Waals surface area contributed by atoms with Crippen molar-refractivity contribution in [2.24, 2.45) is 11.1 Å². The Balaban J connectivity index is 2.17. The van der Waals surface area contributed by atoms with Gasteiger partial charge in [-0.05, 0) is 25.7 Å². The van der Waals surface area contributed by atoms with E-state index in [4.69, 9.17) is 18.0 Å². The standard InChI is InChI=1S/C12H20N2OS/c13-10(16)12(6-2-1-3-7-12)11(15)14-8-4-5-9-14/h1-9H2,(H2,13,16). The Morgan fingerprint density at radius 1 is 1.06 bits per heavy atom. The van der Waals surface area contributed by atoms with Crippen LogP contribution in [0.4, 0.5) is 0 Å². The van der Waals surface area contributed by atoms with Crippen LogP contribution in [0.5, 0.6) is 0 Å². The molecule has 1 saturated heterocycles. The molecule has 1 aliphatic heterocycles. The van der Waals surface area contributed by atoms with Gasteiger partial charge in [-0.3, -0.25) is 4.79 Å². The van der Waals surface area contributed by atoms with Crippen LogP contribution in [0, 0.1) is 5.41 Å². The fourth-order valence-corrected chi connectivity index (χ4v) is 3.24. The van der Waals surface area contributed by atoms with Crippen molar-refractivity contribution in [3.63, 3.8) is 0 Å². The van der Waals surface area contributed by atoms with Crippen LogP contribution >= 0.6 is 12.2 Å². The third-order valence-electron chi connectivity index (χ3n) is 3.98. The first kappa shape index (κ1) is 11.8. The summed E-state index contributed by atoms with van der Waals surface area (Å²) in [5.41, 5.74) is 5.35. The first-order valence-corrected chi connectivity index (χ1v) is 6.67. The Morgan fingerprint density at radius 2 is 1.62 bits per heavy atom. The summed E-state index contributed by atoms with van der Waals surface area (Å²) in [5, 5.41) is 0. The first-order valence-electron chi connectivity index (χ1n) is 6.26. The number of carbonyl (C=O) groups is 1. The van der Waals surface area contributed by atoms with E-state index in [1.807, 2.05) is 4.90 Å². The predicted molar refractivity (Wildman–Crippen MR) is 68.1 cm³/mol. The number of thiocarbonyl (C=S) groups is 1. The molecule has 2 rings (SSSR count). The summed E-state index contributed by atoms with van der Waals surface area (Å²) in [6.45, 7) is 1.78. The third-order valence-corrected chi connectivity index (χ3v) is 4.37. The summed E-state index contributed by atoms with van der Waals surface area (Å²) >= 11 is 5.17. The van der Waals surface area contributed by atoms with Crippen LogP contribution in [0.25, 0.3) is 0 Å². The summed E-state index contributed by atoms with van der Waals surface area (Å²) in [7, 11) is 0.